The quantitative estimate of drug-likeness (QED) is 0.792. The number of carbonyl (C=O) groups is 1. The van der Waals surface area contributed by atoms with Crippen molar-refractivity contribution in [3.8, 4) is 0 Å². The normalized spacial score (nSPS) is 10.5. The Labute approximate surface area is 134 Å². The number of benzene rings is 2. The van der Waals surface area contributed by atoms with Gasteiger partial charge in [0.05, 0.1) is 0 Å². The fourth-order valence-corrected chi connectivity index (χ4v) is 2.14. The van der Waals surface area contributed by atoms with Crippen LogP contribution in [0, 0.1) is 12.7 Å². The molecule has 0 saturated heterocycles. The van der Waals surface area contributed by atoms with Crippen molar-refractivity contribution in [2.75, 3.05) is 11.9 Å². The van der Waals surface area contributed by atoms with Crippen molar-refractivity contribution in [2.45, 2.75) is 19.9 Å². The van der Waals surface area contributed by atoms with Crippen LogP contribution in [0.2, 0.25) is 5.02 Å². The first-order chi connectivity index (χ1) is 10.6. The Morgan fingerprint density at radius 3 is 2.73 bits per heavy atom. The maximum Gasteiger partial charge on any atom is 0.225 e. The number of anilines is 1. The van der Waals surface area contributed by atoms with Gasteiger partial charge in [0, 0.05) is 35.8 Å². The predicted octanol–water partition coefficient (Wildman–Crippen LogP) is 3.91. The van der Waals surface area contributed by atoms with Crippen molar-refractivity contribution in [1.82, 2.24) is 5.32 Å². The SMILES string of the molecule is Cc1ccc(NC(=O)CCNCc2ccccc2F)cc1Cl. The lowest BCUT2D eigenvalue weighted by Gasteiger charge is -2.08. The number of nitrogens with one attached hydrogen (secondary N) is 2. The molecule has 2 aromatic rings. The number of aryl methyl sites for hydroxylation is 1. The van der Waals surface area contributed by atoms with Crippen molar-refractivity contribution >= 4 is 23.2 Å². The van der Waals surface area contributed by atoms with Crippen LogP contribution in [0.3, 0.4) is 0 Å². The minimum Gasteiger partial charge on any atom is -0.326 e. The molecule has 5 heteroatoms. The second kappa shape index (κ2) is 7.92. The minimum atomic E-state index is -0.242. The Morgan fingerprint density at radius 2 is 2.00 bits per heavy atom. The summed E-state index contributed by atoms with van der Waals surface area (Å²) in [5.41, 5.74) is 2.23. The van der Waals surface area contributed by atoms with Crippen molar-refractivity contribution in [2.24, 2.45) is 0 Å². The summed E-state index contributed by atoms with van der Waals surface area (Å²) in [5, 5.41) is 6.46. The van der Waals surface area contributed by atoms with Gasteiger partial charge in [-0.1, -0.05) is 35.9 Å². The molecule has 2 aromatic carbocycles. The number of carbonyl (C=O) groups excluding carboxylic acids is 1. The highest BCUT2D eigenvalue weighted by Crippen LogP contribution is 2.19. The van der Waals surface area contributed by atoms with E-state index in [-0.39, 0.29) is 11.7 Å². The summed E-state index contributed by atoms with van der Waals surface area (Å²) >= 11 is 6.01. The molecule has 0 aliphatic rings. The molecule has 0 spiro atoms. The molecule has 0 unspecified atom stereocenters. The molecule has 3 nitrogen and oxygen atoms in total. The van der Waals surface area contributed by atoms with Crippen LogP contribution >= 0.6 is 11.6 Å². The summed E-state index contributed by atoms with van der Waals surface area (Å²) < 4.78 is 13.4. The standard InChI is InChI=1S/C17H18ClFN2O/c1-12-6-7-14(10-15(12)18)21-17(22)8-9-20-11-13-4-2-3-5-16(13)19/h2-7,10,20H,8-9,11H2,1H3,(H,21,22). The highest BCUT2D eigenvalue weighted by atomic mass is 35.5. The Kier molecular flexibility index (Phi) is 5.92. The first-order valence-electron chi connectivity index (χ1n) is 7.06. The number of rotatable bonds is 6. The van der Waals surface area contributed by atoms with Crippen LogP contribution in [0.5, 0.6) is 0 Å². The largest absolute Gasteiger partial charge is 0.326 e. The van der Waals surface area contributed by atoms with Crippen LogP contribution in [0.4, 0.5) is 10.1 Å². The molecule has 0 aromatic heterocycles. The van der Waals surface area contributed by atoms with Gasteiger partial charge in [0.15, 0.2) is 0 Å². The van der Waals surface area contributed by atoms with Gasteiger partial charge in [-0.05, 0) is 30.7 Å². The predicted molar refractivity (Wildman–Crippen MR) is 87.5 cm³/mol. The fourth-order valence-electron chi connectivity index (χ4n) is 1.96. The molecule has 0 heterocycles. The average Bonchev–Trinajstić information content (AvgIpc) is 2.49. The van der Waals surface area contributed by atoms with E-state index in [9.17, 15) is 9.18 Å². The average molecular weight is 321 g/mol. The second-order valence-electron chi connectivity index (χ2n) is 5.03. The lowest BCUT2D eigenvalue weighted by molar-refractivity contribution is -0.116. The zero-order chi connectivity index (χ0) is 15.9. The summed E-state index contributed by atoms with van der Waals surface area (Å²) in [7, 11) is 0. The topological polar surface area (TPSA) is 41.1 Å². The number of amides is 1. The summed E-state index contributed by atoms with van der Waals surface area (Å²) in [6, 6.07) is 12.0. The molecule has 0 fully saturated rings. The van der Waals surface area contributed by atoms with Gasteiger partial charge in [-0.2, -0.15) is 0 Å². The Balaban J connectivity index is 1.74. The lowest BCUT2D eigenvalue weighted by atomic mass is 10.2. The fraction of sp³-hybridized carbons (Fsp3) is 0.235. The molecule has 0 bridgehead atoms. The van der Waals surface area contributed by atoms with Gasteiger partial charge < -0.3 is 10.6 Å². The van der Waals surface area contributed by atoms with Crippen LogP contribution in [-0.2, 0) is 11.3 Å². The Bertz CT molecular complexity index is 661. The summed E-state index contributed by atoms with van der Waals surface area (Å²) in [4.78, 5) is 11.8. The molecular formula is C17H18ClFN2O. The van der Waals surface area contributed by atoms with Gasteiger partial charge in [-0.3, -0.25) is 4.79 Å². The summed E-state index contributed by atoms with van der Waals surface area (Å²) in [5.74, 6) is -0.352. The van der Waals surface area contributed by atoms with E-state index in [1.807, 2.05) is 19.1 Å². The van der Waals surface area contributed by atoms with Crippen molar-refractivity contribution < 1.29 is 9.18 Å². The van der Waals surface area contributed by atoms with E-state index in [0.29, 0.717) is 35.8 Å². The van der Waals surface area contributed by atoms with Gasteiger partial charge >= 0.3 is 0 Å². The van der Waals surface area contributed by atoms with Crippen LogP contribution in [-0.4, -0.2) is 12.5 Å². The van der Waals surface area contributed by atoms with E-state index in [1.54, 1.807) is 24.3 Å². The number of hydrogen-bond acceptors (Lipinski definition) is 2. The molecule has 1 amide bonds. The lowest BCUT2D eigenvalue weighted by Crippen LogP contribution is -2.21. The Morgan fingerprint density at radius 1 is 1.23 bits per heavy atom. The van der Waals surface area contributed by atoms with E-state index in [2.05, 4.69) is 10.6 Å². The highest BCUT2D eigenvalue weighted by molar-refractivity contribution is 6.31. The second-order valence-corrected chi connectivity index (χ2v) is 5.44. The van der Waals surface area contributed by atoms with Crippen molar-refractivity contribution in [1.29, 1.82) is 0 Å². The minimum absolute atomic E-state index is 0.110. The van der Waals surface area contributed by atoms with Gasteiger partial charge in [0.25, 0.3) is 0 Å². The zero-order valence-electron chi connectivity index (χ0n) is 12.3. The van der Waals surface area contributed by atoms with Crippen LogP contribution in [0.25, 0.3) is 0 Å². The van der Waals surface area contributed by atoms with E-state index in [1.165, 1.54) is 6.07 Å². The Hall–Kier alpha value is -1.91. The molecule has 2 N–H and O–H groups in total. The van der Waals surface area contributed by atoms with E-state index in [4.69, 9.17) is 11.6 Å². The zero-order valence-corrected chi connectivity index (χ0v) is 13.1. The van der Waals surface area contributed by atoms with Crippen molar-refractivity contribution in [3.63, 3.8) is 0 Å². The number of halogens is 2. The van der Waals surface area contributed by atoms with Crippen LogP contribution in [0.1, 0.15) is 17.5 Å². The smallest absolute Gasteiger partial charge is 0.225 e. The first kappa shape index (κ1) is 16.5. The monoisotopic (exact) mass is 320 g/mol. The van der Waals surface area contributed by atoms with E-state index < -0.39 is 0 Å². The molecule has 0 radical (unpaired) electrons. The van der Waals surface area contributed by atoms with Gasteiger partial charge in [-0.15, -0.1) is 0 Å². The van der Waals surface area contributed by atoms with Crippen molar-refractivity contribution in [3.05, 3.63) is 64.4 Å². The molecule has 0 saturated carbocycles. The van der Waals surface area contributed by atoms with Crippen LogP contribution < -0.4 is 10.6 Å². The van der Waals surface area contributed by atoms with E-state index in [0.717, 1.165) is 5.56 Å². The van der Waals surface area contributed by atoms with E-state index >= 15 is 0 Å². The van der Waals surface area contributed by atoms with Gasteiger partial charge in [0.2, 0.25) is 5.91 Å². The summed E-state index contributed by atoms with van der Waals surface area (Å²) in [6.45, 7) is 2.77. The molecule has 0 atom stereocenters. The third kappa shape index (κ3) is 4.83. The molecular weight excluding hydrogens is 303 g/mol. The molecule has 22 heavy (non-hydrogen) atoms. The van der Waals surface area contributed by atoms with Gasteiger partial charge in [0.1, 0.15) is 5.82 Å². The summed E-state index contributed by atoms with van der Waals surface area (Å²) in [6.07, 6.45) is 0.306. The molecule has 0 aliphatic heterocycles. The first-order valence-corrected chi connectivity index (χ1v) is 7.44. The third-order valence-corrected chi connectivity index (χ3v) is 3.66. The van der Waals surface area contributed by atoms with Gasteiger partial charge in [-0.25, -0.2) is 4.39 Å². The maximum atomic E-state index is 13.4. The maximum absolute atomic E-state index is 13.4. The molecule has 0 aliphatic carbocycles. The number of hydrogen-bond donors (Lipinski definition) is 2. The highest BCUT2D eigenvalue weighted by Gasteiger charge is 2.05. The third-order valence-electron chi connectivity index (χ3n) is 3.26. The molecule has 2 rings (SSSR count). The molecule has 116 valence electrons. The van der Waals surface area contributed by atoms with Crippen LogP contribution in [0.15, 0.2) is 42.5 Å².